The fraction of sp³-hybridized carbons (Fsp3) is 0.455. The summed E-state index contributed by atoms with van der Waals surface area (Å²) in [5.41, 5.74) is 0.830. The lowest BCUT2D eigenvalue weighted by atomic mass is 9.97. The van der Waals surface area contributed by atoms with Crippen LogP contribution >= 0.6 is 11.8 Å². The number of fused-ring (bicyclic) bond motifs is 1. The number of rotatable bonds is 24. The van der Waals surface area contributed by atoms with Crippen LogP contribution in [0.3, 0.4) is 0 Å². The first-order valence-corrected chi connectivity index (χ1v) is 23.1. The van der Waals surface area contributed by atoms with E-state index in [1.165, 1.54) is 38.5 Å². The van der Waals surface area contributed by atoms with E-state index >= 15 is 0 Å². The highest BCUT2D eigenvalue weighted by Gasteiger charge is 2.43. The number of benzene rings is 2. The minimum atomic E-state index is -1.80. The van der Waals surface area contributed by atoms with E-state index in [-0.39, 0.29) is 72.0 Å². The van der Waals surface area contributed by atoms with E-state index in [9.17, 15) is 62.6 Å². The summed E-state index contributed by atoms with van der Waals surface area (Å²) < 4.78 is 16.4. The zero-order valence-corrected chi connectivity index (χ0v) is 39.0. The quantitative estimate of drug-likeness (QED) is 0.0479. The number of ether oxygens (including phenoxy) is 3. The summed E-state index contributed by atoms with van der Waals surface area (Å²) in [5.74, 6) is -8.93. The smallest absolute Gasteiger partial charge is 0.335 e. The number of imide groups is 2. The number of aliphatic carboxylic acids is 1. The second-order valence-electron chi connectivity index (χ2n) is 16.3. The van der Waals surface area contributed by atoms with Crippen LogP contribution in [0, 0.1) is 0 Å². The summed E-state index contributed by atoms with van der Waals surface area (Å²) in [6, 6.07) is 5.89. The average Bonchev–Trinajstić information content (AvgIpc) is 4.09. The number of hydrogen-bond donors (Lipinski definition) is 7. The summed E-state index contributed by atoms with van der Waals surface area (Å²) >= 11 is 1.65. The molecule has 7 N–H and O–H groups in total. The van der Waals surface area contributed by atoms with E-state index in [0.717, 1.165) is 0 Å². The van der Waals surface area contributed by atoms with Gasteiger partial charge in [0.1, 0.15) is 29.3 Å². The zero-order chi connectivity index (χ0) is 51.4. The lowest BCUT2D eigenvalue weighted by Gasteiger charge is -2.23. The SMILES string of the molecule is COc1ccc(C(NC(=O)CNC(=O)C(CC(=O)ON2C(=O)CCC2=O)NC(=O)CCC[C@@H]2SCC3NC(=O)NC32)c2ccc(OCC(=O)NC(CC(=O)ON3C(=O)CCC3=O)C(=O)O)cc2)c(OC)c1. The van der Waals surface area contributed by atoms with Crippen LogP contribution in [0.1, 0.15) is 75.0 Å². The van der Waals surface area contributed by atoms with Crippen molar-refractivity contribution >= 4 is 83.0 Å². The lowest BCUT2D eigenvalue weighted by Crippen LogP contribution is -2.50. The maximum absolute atomic E-state index is 13.7. The number of carbonyl (C=O) groups excluding carboxylic acids is 11. The van der Waals surface area contributed by atoms with Gasteiger partial charge in [-0.25, -0.2) is 19.2 Å². The van der Waals surface area contributed by atoms with Crippen LogP contribution < -0.4 is 46.1 Å². The second kappa shape index (κ2) is 24.0. The molecule has 0 aliphatic carbocycles. The first kappa shape index (κ1) is 52.4. The molecular weight excluding hydrogens is 961 g/mol. The van der Waals surface area contributed by atoms with Gasteiger partial charge in [0, 0.05) is 54.7 Å². The number of carboxylic acids is 1. The maximum atomic E-state index is 13.7. The van der Waals surface area contributed by atoms with E-state index in [1.807, 2.05) is 0 Å². The van der Waals surface area contributed by atoms with Gasteiger partial charge in [-0.1, -0.05) is 12.1 Å². The zero-order valence-electron chi connectivity index (χ0n) is 38.2. The molecule has 10 amide bonds. The normalized spacial score (nSPS) is 19.4. The van der Waals surface area contributed by atoms with Crippen molar-refractivity contribution in [2.45, 2.75) is 93.2 Å². The van der Waals surface area contributed by atoms with Crippen molar-refractivity contribution < 1.29 is 86.5 Å². The van der Waals surface area contributed by atoms with Crippen molar-refractivity contribution in [3.63, 3.8) is 0 Å². The predicted octanol–water partition coefficient (Wildman–Crippen LogP) is -1.21. The van der Waals surface area contributed by atoms with Crippen LogP contribution in [-0.4, -0.2) is 149 Å². The summed E-state index contributed by atoms with van der Waals surface area (Å²) in [7, 11) is 2.82. The fourth-order valence-electron chi connectivity index (χ4n) is 7.75. The number of nitrogens with one attached hydrogen (secondary N) is 6. The molecule has 6 atom stereocenters. The maximum Gasteiger partial charge on any atom is 0.335 e. The molecule has 0 bridgehead atoms. The number of thioether (sulfide) groups is 1. The standard InChI is InChI=1S/C44H50N8O18S/c1-66-24-10-11-25(29(16-24)67-2)40(22-6-8-23(9-7-22)68-20-33(55)47-27(43(63)64)18-39(61)70-52-36(58)14-15-37(52)59)49-32(54)19-45-42(62)26(17-38(60)69-51-34(56)12-13-35(51)57)46-31(53)5-3-4-30-41-28(21-71-30)48-44(65)50-41/h6-11,16,26-28,30,40-41H,3-5,12-15,17-21H2,1-2H3,(H,45,62)(H,46,53)(H,47,55)(H,49,54)(H,63,64)(H2,48,50,65)/t26?,27?,28?,30-,40?,41?/m0/s1. The number of hydrogen-bond acceptors (Lipinski definition) is 18. The number of amides is 10. The molecule has 0 spiro atoms. The summed E-state index contributed by atoms with van der Waals surface area (Å²) in [5, 5.41) is 25.7. The Morgan fingerprint density at radius 1 is 0.732 bits per heavy atom. The third-order valence-corrected chi connectivity index (χ3v) is 12.8. The van der Waals surface area contributed by atoms with Crippen LogP contribution in [0.4, 0.5) is 4.79 Å². The third-order valence-electron chi connectivity index (χ3n) is 11.3. The Hall–Kier alpha value is -7.97. The van der Waals surface area contributed by atoms with Gasteiger partial charge in [0.15, 0.2) is 6.61 Å². The molecule has 0 radical (unpaired) electrons. The van der Waals surface area contributed by atoms with E-state index in [0.29, 0.717) is 40.5 Å². The largest absolute Gasteiger partial charge is 0.497 e. The average molecular weight is 1010 g/mol. The van der Waals surface area contributed by atoms with E-state index in [4.69, 9.17) is 19.0 Å². The topological polar surface area (TPSA) is 350 Å². The number of carboxylic acid groups (broad SMARTS) is 1. The molecule has 0 saturated carbocycles. The molecule has 4 fully saturated rings. The molecule has 4 heterocycles. The van der Waals surface area contributed by atoms with Gasteiger partial charge < -0.3 is 60.9 Å². The molecule has 4 aliphatic rings. The summed E-state index contributed by atoms with van der Waals surface area (Å²) in [4.78, 5) is 159. The first-order chi connectivity index (χ1) is 33.9. The van der Waals surface area contributed by atoms with Gasteiger partial charge in [-0.2, -0.15) is 11.8 Å². The Morgan fingerprint density at radius 2 is 1.32 bits per heavy atom. The Balaban J connectivity index is 1.08. The molecular formula is C44H50N8O18S. The van der Waals surface area contributed by atoms with Gasteiger partial charge in [-0.05, 0) is 42.7 Å². The highest BCUT2D eigenvalue weighted by atomic mass is 32.2. The molecule has 4 aliphatic heterocycles. The van der Waals surface area contributed by atoms with Crippen molar-refractivity contribution in [1.82, 2.24) is 42.0 Å². The summed E-state index contributed by atoms with van der Waals surface area (Å²) in [6.45, 7) is -1.42. The number of methoxy groups -OCH3 is 2. The van der Waals surface area contributed by atoms with Crippen LogP contribution in [0.5, 0.6) is 17.2 Å². The van der Waals surface area contributed by atoms with Crippen LogP contribution in [0.25, 0.3) is 0 Å². The fourth-order valence-corrected chi connectivity index (χ4v) is 9.30. The van der Waals surface area contributed by atoms with Crippen molar-refractivity contribution in [3.8, 4) is 17.2 Å². The van der Waals surface area contributed by atoms with Crippen LogP contribution in [-0.2, 0) is 62.4 Å². The molecule has 0 aromatic heterocycles. The minimum absolute atomic E-state index is 0.0250. The molecule has 380 valence electrons. The van der Waals surface area contributed by atoms with E-state index in [2.05, 4.69) is 36.7 Å². The molecule has 2 aromatic carbocycles. The molecule has 71 heavy (non-hydrogen) atoms. The molecule has 4 saturated heterocycles. The van der Waals surface area contributed by atoms with Crippen molar-refractivity contribution in [1.29, 1.82) is 0 Å². The van der Waals surface area contributed by atoms with Crippen LogP contribution in [0.2, 0.25) is 0 Å². The lowest BCUT2D eigenvalue weighted by molar-refractivity contribution is -0.198. The second-order valence-corrected chi connectivity index (χ2v) is 17.5. The van der Waals surface area contributed by atoms with Gasteiger partial charge in [0.25, 0.3) is 29.5 Å². The van der Waals surface area contributed by atoms with Gasteiger partial charge in [-0.3, -0.25) is 38.4 Å². The molecule has 6 rings (SSSR count). The van der Waals surface area contributed by atoms with E-state index in [1.54, 1.807) is 30.0 Å². The molecule has 5 unspecified atom stereocenters. The number of urea groups is 1. The molecule has 27 heteroatoms. The van der Waals surface area contributed by atoms with Crippen molar-refractivity contribution in [3.05, 3.63) is 53.6 Å². The number of hydroxylamine groups is 4. The number of nitrogens with zero attached hydrogens (tertiary/aromatic N) is 2. The number of carbonyl (C=O) groups is 12. The highest BCUT2D eigenvalue weighted by Crippen LogP contribution is 2.35. The Bertz CT molecular complexity index is 2420. The van der Waals surface area contributed by atoms with Gasteiger partial charge in [0.05, 0.1) is 51.7 Å². The summed E-state index contributed by atoms with van der Waals surface area (Å²) in [6.07, 6.45) is -1.61. The Labute approximate surface area is 407 Å². The minimum Gasteiger partial charge on any atom is -0.497 e. The van der Waals surface area contributed by atoms with Gasteiger partial charge in [-0.15, -0.1) is 10.1 Å². The molecule has 26 nitrogen and oxygen atoms in total. The van der Waals surface area contributed by atoms with Crippen molar-refractivity contribution in [2.24, 2.45) is 0 Å². The van der Waals surface area contributed by atoms with E-state index < -0.39 is 109 Å². The monoisotopic (exact) mass is 1010 g/mol. The Morgan fingerprint density at radius 3 is 1.92 bits per heavy atom. The van der Waals surface area contributed by atoms with Crippen LogP contribution in [0.15, 0.2) is 42.5 Å². The van der Waals surface area contributed by atoms with Crippen molar-refractivity contribution in [2.75, 3.05) is 33.1 Å². The highest BCUT2D eigenvalue weighted by molar-refractivity contribution is 8.00. The van der Waals surface area contributed by atoms with Gasteiger partial charge in [0.2, 0.25) is 17.7 Å². The predicted molar refractivity (Wildman–Crippen MR) is 239 cm³/mol. The Kier molecular flexibility index (Phi) is 17.7. The first-order valence-electron chi connectivity index (χ1n) is 22.1. The third kappa shape index (κ3) is 14.1. The van der Waals surface area contributed by atoms with Gasteiger partial charge >= 0.3 is 23.9 Å². The molecule has 2 aromatic rings.